The van der Waals surface area contributed by atoms with Crippen molar-refractivity contribution in [3.05, 3.63) is 47.5 Å². The second-order valence-corrected chi connectivity index (χ2v) is 5.34. The fourth-order valence-electron chi connectivity index (χ4n) is 3.06. The Balaban J connectivity index is 2.20. The van der Waals surface area contributed by atoms with E-state index in [1.807, 2.05) is 36.4 Å². The number of fused-ring (bicyclic) bond motifs is 1. The van der Waals surface area contributed by atoms with Gasteiger partial charge in [-0.3, -0.25) is 4.79 Å². The molecule has 1 unspecified atom stereocenters. The highest BCUT2D eigenvalue weighted by Gasteiger charge is 2.32. The third kappa shape index (κ3) is 2.70. The summed E-state index contributed by atoms with van der Waals surface area (Å²) >= 11 is 0. The van der Waals surface area contributed by atoms with Crippen molar-refractivity contribution in [1.82, 2.24) is 0 Å². The van der Waals surface area contributed by atoms with E-state index in [1.54, 1.807) is 21.3 Å². The predicted molar refractivity (Wildman–Crippen MR) is 87.6 cm³/mol. The van der Waals surface area contributed by atoms with Gasteiger partial charge in [0.25, 0.3) is 0 Å². The number of hydrogen-bond donors (Lipinski definition) is 1. The van der Waals surface area contributed by atoms with Gasteiger partial charge in [-0.2, -0.15) is 0 Å². The van der Waals surface area contributed by atoms with Gasteiger partial charge in [-0.25, -0.2) is 0 Å². The largest absolute Gasteiger partial charge is 0.497 e. The van der Waals surface area contributed by atoms with Gasteiger partial charge in [-0.1, -0.05) is 18.2 Å². The van der Waals surface area contributed by atoms with Gasteiger partial charge in [0, 0.05) is 35.6 Å². The fraction of sp³-hybridized carbons (Fsp3) is 0.278. The highest BCUT2D eigenvalue weighted by Crippen LogP contribution is 2.46. The highest BCUT2D eigenvalue weighted by atomic mass is 16.5. The minimum absolute atomic E-state index is 0.0382. The molecule has 0 saturated carbocycles. The number of amides is 1. The Morgan fingerprint density at radius 1 is 1.00 bits per heavy atom. The van der Waals surface area contributed by atoms with Crippen LogP contribution in [0.2, 0.25) is 0 Å². The molecule has 2 aromatic rings. The first-order chi connectivity index (χ1) is 11.2. The lowest BCUT2D eigenvalue weighted by molar-refractivity contribution is -0.116. The molecule has 1 aliphatic rings. The van der Waals surface area contributed by atoms with Crippen LogP contribution in [-0.2, 0) is 4.79 Å². The number of anilines is 1. The van der Waals surface area contributed by atoms with Crippen molar-refractivity contribution >= 4 is 11.6 Å². The molecule has 120 valence electrons. The number of hydrogen-bond acceptors (Lipinski definition) is 4. The van der Waals surface area contributed by atoms with Crippen LogP contribution in [0.15, 0.2) is 36.4 Å². The average Bonchev–Trinajstić information content (AvgIpc) is 2.59. The Labute approximate surface area is 135 Å². The molecule has 0 aliphatic carbocycles. The molecular formula is C18H19NO4. The molecule has 23 heavy (non-hydrogen) atoms. The first-order valence-electron chi connectivity index (χ1n) is 7.36. The molecule has 5 heteroatoms. The number of nitrogens with one attached hydrogen (secondary N) is 1. The van der Waals surface area contributed by atoms with Crippen LogP contribution in [0.5, 0.6) is 17.2 Å². The maximum atomic E-state index is 12.2. The summed E-state index contributed by atoms with van der Waals surface area (Å²) in [5, 5.41) is 2.91. The Hall–Kier alpha value is -2.69. The second-order valence-electron chi connectivity index (χ2n) is 5.34. The first-order valence-corrected chi connectivity index (χ1v) is 7.36. The van der Waals surface area contributed by atoms with Crippen LogP contribution in [-0.4, -0.2) is 27.2 Å². The summed E-state index contributed by atoms with van der Waals surface area (Å²) in [5.41, 5.74) is 2.63. The Bertz CT molecular complexity index is 742. The standard InChI is InChI=1S/C18H19NO4/c1-21-11-8-14-18(16(9-11)23-3)13(10-17(20)19-14)12-6-4-5-7-15(12)22-2/h4-9,13H,10H2,1-3H3,(H,19,20). The maximum absolute atomic E-state index is 12.2. The van der Waals surface area contributed by atoms with E-state index in [4.69, 9.17) is 14.2 Å². The van der Waals surface area contributed by atoms with E-state index in [2.05, 4.69) is 5.32 Å². The summed E-state index contributed by atoms with van der Waals surface area (Å²) in [4.78, 5) is 12.2. The van der Waals surface area contributed by atoms with E-state index in [-0.39, 0.29) is 11.8 Å². The van der Waals surface area contributed by atoms with E-state index < -0.39 is 0 Å². The zero-order valence-corrected chi connectivity index (χ0v) is 13.4. The topological polar surface area (TPSA) is 56.8 Å². The fourth-order valence-corrected chi connectivity index (χ4v) is 3.06. The number of methoxy groups -OCH3 is 3. The van der Waals surface area contributed by atoms with Crippen LogP contribution in [0.1, 0.15) is 23.5 Å². The van der Waals surface area contributed by atoms with Crippen LogP contribution in [0.4, 0.5) is 5.69 Å². The number of rotatable bonds is 4. The molecule has 1 amide bonds. The predicted octanol–water partition coefficient (Wildman–Crippen LogP) is 3.19. The van der Waals surface area contributed by atoms with Crippen molar-refractivity contribution in [2.45, 2.75) is 12.3 Å². The zero-order valence-electron chi connectivity index (χ0n) is 13.4. The maximum Gasteiger partial charge on any atom is 0.225 e. The van der Waals surface area contributed by atoms with Crippen LogP contribution >= 0.6 is 0 Å². The van der Waals surface area contributed by atoms with Gasteiger partial charge in [0.1, 0.15) is 17.2 Å². The highest BCUT2D eigenvalue weighted by molar-refractivity contribution is 5.96. The molecule has 0 bridgehead atoms. The van der Waals surface area contributed by atoms with E-state index in [0.29, 0.717) is 23.6 Å². The molecule has 0 saturated heterocycles. The van der Waals surface area contributed by atoms with Crippen LogP contribution < -0.4 is 19.5 Å². The van der Waals surface area contributed by atoms with Crippen molar-refractivity contribution < 1.29 is 19.0 Å². The van der Waals surface area contributed by atoms with Crippen LogP contribution in [0.25, 0.3) is 0 Å². The van der Waals surface area contributed by atoms with E-state index in [0.717, 1.165) is 16.9 Å². The molecule has 1 N–H and O–H groups in total. The van der Waals surface area contributed by atoms with E-state index >= 15 is 0 Å². The van der Waals surface area contributed by atoms with Crippen molar-refractivity contribution in [1.29, 1.82) is 0 Å². The van der Waals surface area contributed by atoms with Gasteiger partial charge in [0.2, 0.25) is 5.91 Å². The van der Waals surface area contributed by atoms with Gasteiger partial charge in [-0.15, -0.1) is 0 Å². The number of benzene rings is 2. The van der Waals surface area contributed by atoms with E-state index in [9.17, 15) is 4.79 Å². The summed E-state index contributed by atoms with van der Waals surface area (Å²) in [6, 6.07) is 11.4. The lowest BCUT2D eigenvalue weighted by atomic mass is 9.83. The minimum atomic E-state index is -0.129. The van der Waals surface area contributed by atoms with Crippen molar-refractivity contribution in [3.63, 3.8) is 0 Å². The van der Waals surface area contributed by atoms with Gasteiger partial charge in [0.15, 0.2) is 0 Å². The normalized spacial score (nSPS) is 16.3. The summed E-state index contributed by atoms with van der Waals surface area (Å²) in [5.74, 6) is 1.92. The molecule has 0 fully saturated rings. The first kappa shape index (κ1) is 15.2. The minimum Gasteiger partial charge on any atom is -0.497 e. The summed E-state index contributed by atoms with van der Waals surface area (Å²) < 4.78 is 16.3. The van der Waals surface area contributed by atoms with Gasteiger partial charge >= 0.3 is 0 Å². The number of carbonyl (C=O) groups excluding carboxylic acids is 1. The lowest BCUT2D eigenvalue weighted by Crippen LogP contribution is -2.24. The molecule has 0 spiro atoms. The molecule has 0 aromatic heterocycles. The number of para-hydroxylation sites is 1. The molecule has 3 rings (SSSR count). The van der Waals surface area contributed by atoms with Crippen molar-refractivity contribution in [3.8, 4) is 17.2 Å². The number of carbonyl (C=O) groups is 1. The number of ether oxygens (including phenoxy) is 3. The molecule has 2 aromatic carbocycles. The zero-order chi connectivity index (χ0) is 16.4. The quantitative estimate of drug-likeness (QED) is 0.942. The van der Waals surface area contributed by atoms with Crippen molar-refractivity contribution in [2.75, 3.05) is 26.6 Å². The molecule has 5 nitrogen and oxygen atoms in total. The molecule has 0 radical (unpaired) electrons. The van der Waals surface area contributed by atoms with Gasteiger partial charge < -0.3 is 19.5 Å². The average molecular weight is 313 g/mol. The van der Waals surface area contributed by atoms with Gasteiger partial charge in [0.05, 0.1) is 27.0 Å². The third-order valence-corrected chi connectivity index (χ3v) is 4.10. The smallest absolute Gasteiger partial charge is 0.225 e. The summed E-state index contributed by atoms with van der Waals surface area (Å²) in [6.45, 7) is 0. The Kier molecular flexibility index (Phi) is 4.10. The van der Waals surface area contributed by atoms with Crippen LogP contribution in [0, 0.1) is 0 Å². The van der Waals surface area contributed by atoms with Crippen molar-refractivity contribution in [2.24, 2.45) is 0 Å². The molecular weight excluding hydrogens is 294 g/mol. The Morgan fingerprint density at radius 3 is 2.43 bits per heavy atom. The summed E-state index contributed by atoms with van der Waals surface area (Å²) in [6.07, 6.45) is 0.343. The van der Waals surface area contributed by atoms with E-state index in [1.165, 1.54) is 0 Å². The molecule has 1 atom stereocenters. The summed E-state index contributed by atoms with van der Waals surface area (Å²) in [7, 11) is 4.84. The molecule has 1 heterocycles. The lowest BCUT2D eigenvalue weighted by Gasteiger charge is -2.29. The third-order valence-electron chi connectivity index (χ3n) is 4.10. The SMILES string of the molecule is COc1cc2c(c(OC)c1)C(c1ccccc1OC)CC(=O)N2. The monoisotopic (exact) mass is 313 g/mol. The second kappa shape index (κ2) is 6.20. The molecule has 1 aliphatic heterocycles. The Morgan fingerprint density at radius 2 is 1.74 bits per heavy atom. The van der Waals surface area contributed by atoms with Crippen LogP contribution in [0.3, 0.4) is 0 Å². The van der Waals surface area contributed by atoms with Gasteiger partial charge in [-0.05, 0) is 6.07 Å².